The Balaban J connectivity index is 1.41. The van der Waals surface area contributed by atoms with Crippen molar-refractivity contribution in [1.82, 2.24) is 57.2 Å². The summed E-state index contributed by atoms with van der Waals surface area (Å²) in [6, 6.07) is 5.71. The third-order valence-corrected chi connectivity index (χ3v) is 12.4. The predicted molar refractivity (Wildman–Crippen MR) is 283 cm³/mol. The molecule has 3 aromatic heterocycles. The van der Waals surface area contributed by atoms with Crippen molar-refractivity contribution in [2.45, 2.75) is 154 Å². The highest BCUT2D eigenvalue weighted by molar-refractivity contribution is 5.98. The smallest absolute Gasteiger partial charge is 0.408 e. The molecule has 0 saturated carbocycles. The lowest BCUT2D eigenvalue weighted by Gasteiger charge is -2.27. The Bertz CT molecular complexity index is 2820. The van der Waals surface area contributed by atoms with E-state index in [1.54, 1.807) is 39.2 Å². The Morgan fingerprint density at radius 2 is 1.08 bits per heavy atom. The number of rotatable bonds is 28. The van der Waals surface area contributed by atoms with Crippen LogP contribution in [0.1, 0.15) is 104 Å². The number of nitrogens with zero attached hydrogens (tertiary/aromatic N) is 1. The molecule has 7 atom stereocenters. The van der Waals surface area contributed by atoms with Crippen molar-refractivity contribution in [3.05, 3.63) is 90.3 Å². The number of aromatic amines is 3. The van der Waals surface area contributed by atoms with Gasteiger partial charge in [0.15, 0.2) is 0 Å². The number of benzene rings is 2. The van der Waals surface area contributed by atoms with Crippen molar-refractivity contribution in [2.75, 3.05) is 0 Å². The van der Waals surface area contributed by atoms with Gasteiger partial charge in [0, 0.05) is 71.8 Å². The molecular weight excluding hydrogens is 979 g/mol. The van der Waals surface area contributed by atoms with Gasteiger partial charge >= 0.3 is 6.09 Å². The summed E-state index contributed by atoms with van der Waals surface area (Å²) < 4.78 is 5.36. The molecule has 9 amide bonds. The van der Waals surface area contributed by atoms with E-state index in [1.165, 1.54) is 19.4 Å². The van der Waals surface area contributed by atoms with Gasteiger partial charge in [0.05, 0.1) is 6.33 Å². The van der Waals surface area contributed by atoms with Crippen LogP contribution in [-0.4, -0.2) is 121 Å². The summed E-state index contributed by atoms with van der Waals surface area (Å²) in [5, 5.41) is 20.3. The van der Waals surface area contributed by atoms with E-state index in [1.807, 2.05) is 63.2 Å². The molecular formula is C53H73N13O10. The average molecular weight is 1050 g/mol. The maximum absolute atomic E-state index is 14.7. The molecule has 0 aliphatic rings. The number of unbranched alkanes of at least 4 members (excludes halogenated alkanes) is 1. The van der Waals surface area contributed by atoms with Crippen LogP contribution in [0.3, 0.4) is 0 Å². The van der Waals surface area contributed by atoms with E-state index >= 15 is 0 Å². The molecule has 76 heavy (non-hydrogen) atoms. The summed E-state index contributed by atoms with van der Waals surface area (Å²) in [6.45, 7) is 11.9. The number of carbonyl (C=O) groups is 9. The van der Waals surface area contributed by atoms with Crippen molar-refractivity contribution >= 4 is 75.2 Å². The number of amides is 9. The zero-order valence-electron chi connectivity index (χ0n) is 44.1. The maximum Gasteiger partial charge on any atom is 0.408 e. The van der Waals surface area contributed by atoms with E-state index in [0.29, 0.717) is 29.7 Å². The van der Waals surface area contributed by atoms with Gasteiger partial charge in [0.2, 0.25) is 47.3 Å². The number of para-hydroxylation sites is 2. The monoisotopic (exact) mass is 1050 g/mol. The number of aromatic nitrogens is 4. The predicted octanol–water partition coefficient (Wildman–Crippen LogP) is 2.21. The van der Waals surface area contributed by atoms with Crippen LogP contribution in [0.5, 0.6) is 0 Å². The van der Waals surface area contributed by atoms with E-state index in [4.69, 9.17) is 16.2 Å². The first kappa shape index (κ1) is 58.6. The molecule has 0 bridgehead atoms. The number of fused-ring (bicyclic) bond motifs is 2. The van der Waals surface area contributed by atoms with Crippen LogP contribution >= 0.6 is 0 Å². The van der Waals surface area contributed by atoms with Gasteiger partial charge in [0.1, 0.15) is 47.9 Å². The van der Waals surface area contributed by atoms with E-state index in [-0.39, 0.29) is 44.4 Å². The van der Waals surface area contributed by atoms with Gasteiger partial charge < -0.3 is 68.4 Å². The quantitative estimate of drug-likeness (QED) is 0.0345. The molecule has 5 aromatic rings. The number of ether oxygens (including phenoxy) is 1. The molecule has 5 rings (SSSR count). The first-order chi connectivity index (χ1) is 36.0. The Labute approximate surface area is 440 Å². The number of imidazole rings is 1. The number of H-pyrrole nitrogens is 3. The summed E-state index contributed by atoms with van der Waals surface area (Å²) in [5.41, 5.74) is 13.3. The molecule has 23 nitrogen and oxygen atoms in total. The molecule has 0 aliphatic heterocycles. The zero-order chi connectivity index (χ0) is 55.7. The summed E-state index contributed by atoms with van der Waals surface area (Å²) in [7, 11) is 0. The Morgan fingerprint density at radius 1 is 0.592 bits per heavy atom. The van der Waals surface area contributed by atoms with Gasteiger partial charge in [-0.05, 0) is 76.1 Å². The molecule has 0 saturated heterocycles. The minimum atomic E-state index is -1.38. The van der Waals surface area contributed by atoms with Gasteiger partial charge in [-0.15, -0.1) is 0 Å². The Hall–Kier alpha value is -8.24. The van der Waals surface area contributed by atoms with Gasteiger partial charge in [0.25, 0.3) is 0 Å². The zero-order valence-corrected chi connectivity index (χ0v) is 44.1. The van der Waals surface area contributed by atoms with Crippen molar-refractivity contribution in [1.29, 1.82) is 0 Å². The maximum atomic E-state index is 14.7. The molecule has 410 valence electrons. The lowest BCUT2D eigenvalue weighted by molar-refractivity contribution is -0.135. The van der Waals surface area contributed by atoms with Gasteiger partial charge in [-0.3, -0.25) is 38.4 Å². The number of hydrogen-bond donors (Lipinski definition) is 12. The highest BCUT2D eigenvalue weighted by Gasteiger charge is 2.35. The Morgan fingerprint density at radius 3 is 1.58 bits per heavy atom. The fourth-order valence-corrected chi connectivity index (χ4v) is 8.45. The summed E-state index contributed by atoms with van der Waals surface area (Å²) in [5.74, 6) is -6.18. The Kier molecular flexibility index (Phi) is 21.1. The summed E-state index contributed by atoms with van der Waals surface area (Å²) in [4.78, 5) is 136. The van der Waals surface area contributed by atoms with Crippen LogP contribution in [0.25, 0.3) is 21.8 Å². The van der Waals surface area contributed by atoms with Crippen LogP contribution < -0.4 is 48.7 Å². The minimum absolute atomic E-state index is 0.0935. The van der Waals surface area contributed by atoms with Crippen LogP contribution in [0, 0.1) is 5.92 Å². The SMILES string of the molecule is CCCC[C@H](NC(=O)[C@H](CC(C)C)NC(=O)[C@@H](Cc1cnc[nH]1)NC(=O)[C@@H](Cc1c[nH]c2ccccc12)NC(=O)[C@H](C)NC(=O)[C@H](Cc1c[nH]c2ccccc12)NC(=O)[C@@H](CCC(N)=O)NC(=O)OC(C)(C)C)C(N)=O. The normalized spacial score (nSPS) is 14.3. The fraction of sp³-hybridized carbons (Fsp3) is 0.472. The summed E-state index contributed by atoms with van der Waals surface area (Å²) in [6.07, 6.45) is 6.32. The number of alkyl carbamates (subject to hydrolysis) is 1. The fourth-order valence-electron chi connectivity index (χ4n) is 8.45. The van der Waals surface area contributed by atoms with Crippen LogP contribution in [0.2, 0.25) is 0 Å². The van der Waals surface area contributed by atoms with E-state index < -0.39 is 101 Å². The van der Waals surface area contributed by atoms with Crippen molar-refractivity contribution in [2.24, 2.45) is 17.4 Å². The molecule has 0 spiro atoms. The van der Waals surface area contributed by atoms with Gasteiger partial charge in [-0.25, -0.2) is 9.78 Å². The molecule has 14 N–H and O–H groups in total. The van der Waals surface area contributed by atoms with Crippen molar-refractivity contribution in [3.8, 4) is 0 Å². The molecule has 23 heteroatoms. The molecule has 0 aliphatic carbocycles. The summed E-state index contributed by atoms with van der Waals surface area (Å²) >= 11 is 0. The lowest BCUT2D eigenvalue weighted by Crippen LogP contribution is -2.60. The minimum Gasteiger partial charge on any atom is -0.444 e. The lowest BCUT2D eigenvalue weighted by atomic mass is 10.0. The molecule has 0 radical (unpaired) electrons. The second-order valence-corrected chi connectivity index (χ2v) is 20.3. The number of nitrogens with two attached hydrogens (primary N) is 2. The number of hydrogen-bond acceptors (Lipinski definition) is 11. The number of primary amides is 2. The van der Waals surface area contributed by atoms with E-state index in [9.17, 15) is 43.2 Å². The average Bonchev–Trinajstić information content (AvgIpc) is 4.13. The van der Waals surface area contributed by atoms with Crippen LogP contribution in [0.4, 0.5) is 4.79 Å². The number of nitrogens with one attached hydrogen (secondary N) is 10. The van der Waals surface area contributed by atoms with Gasteiger partial charge in [-0.2, -0.15) is 0 Å². The second kappa shape index (κ2) is 27.3. The molecule has 2 aromatic carbocycles. The molecule has 0 fully saturated rings. The largest absolute Gasteiger partial charge is 0.444 e. The molecule has 0 unspecified atom stereocenters. The second-order valence-electron chi connectivity index (χ2n) is 20.3. The van der Waals surface area contributed by atoms with Crippen LogP contribution in [-0.2, 0) is 62.4 Å². The number of carbonyl (C=O) groups excluding carboxylic acids is 9. The van der Waals surface area contributed by atoms with E-state index in [0.717, 1.165) is 28.2 Å². The topological polar surface area (TPSA) is 359 Å². The third-order valence-electron chi connectivity index (χ3n) is 12.4. The van der Waals surface area contributed by atoms with Crippen LogP contribution in [0.15, 0.2) is 73.4 Å². The standard InChI is InChI=1S/C53H73N13O10/c1-8-9-16-38(45(55)68)61-49(72)40(21-29(2)3)63-51(74)43(24-33-27-56-28-59-33)65-50(73)42(23-32-26-58-37-18-13-11-15-35(32)37)62-46(69)30(4)60-48(71)41(22-31-25-57-36-17-12-10-14-34(31)36)64-47(70)39(19-20-44(54)67)66-52(75)76-53(5,6)7/h10-15,17-18,25-30,38-43,57-58H,8-9,16,19-24H2,1-7H3,(H2,54,67)(H2,55,68)(H,56,59)(H,60,71)(H,61,72)(H,62,69)(H,63,74)(H,64,70)(H,65,73)(H,66,75)/t30-,38-,39+,40-,41-,42+,43+/m0/s1. The third kappa shape index (κ3) is 17.7. The van der Waals surface area contributed by atoms with E-state index in [2.05, 4.69) is 57.2 Å². The highest BCUT2D eigenvalue weighted by Crippen LogP contribution is 2.21. The molecule has 3 heterocycles. The first-order valence-electron chi connectivity index (χ1n) is 25.5. The first-order valence-corrected chi connectivity index (χ1v) is 25.5. The van der Waals surface area contributed by atoms with Crippen molar-refractivity contribution < 1.29 is 47.9 Å². The van der Waals surface area contributed by atoms with Gasteiger partial charge in [-0.1, -0.05) is 70.0 Å². The highest BCUT2D eigenvalue weighted by atomic mass is 16.6. The van der Waals surface area contributed by atoms with Crippen molar-refractivity contribution in [3.63, 3.8) is 0 Å².